The molecule has 0 spiro atoms. The van der Waals surface area contributed by atoms with Gasteiger partial charge in [0.05, 0.1) is 0 Å². The zero-order valence-electron chi connectivity index (χ0n) is 17.4. The van der Waals surface area contributed by atoms with Crippen LogP contribution in [0.25, 0.3) is 54.7 Å². The second-order valence-corrected chi connectivity index (χ2v) is 8.24. The van der Waals surface area contributed by atoms with Crippen molar-refractivity contribution in [2.75, 3.05) is 0 Å². The first-order valence-corrected chi connectivity index (χ1v) is 10.3. The predicted molar refractivity (Wildman–Crippen MR) is 128 cm³/mol. The van der Waals surface area contributed by atoms with Crippen molar-refractivity contribution in [3.05, 3.63) is 102 Å². The van der Waals surface area contributed by atoms with Crippen LogP contribution < -0.4 is 16.3 Å². The van der Waals surface area contributed by atoms with Crippen LogP contribution in [0.1, 0.15) is 11.1 Å². The normalized spacial score (nSPS) is 11.8. The molecule has 0 saturated carbocycles. The summed E-state index contributed by atoms with van der Waals surface area (Å²) < 4.78 is 0. The first-order chi connectivity index (χ1) is 15.4. The number of nitrogens with zero attached hydrogens (tertiary/aromatic N) is 2. The van der Waals surface area contributed by atoms with Gasteiger partial charge in [-0.25, -0.2) is 9.97 Å². The first kappa shape index (κ1) is 18.5. The van der Waals surface area contributed by atoms with Crippen molar-refractivity contribution in [1.29, 1.82) is 0 Å². The molecule has 0 saturated heterocycles. The second kappa shape index (κ2) is 6.37. The third kappa shape index (κ3) is 2.42. The van der Waals surface area contributed by atoms with Crippen molar-refractivity contribution in [1.82, 2.24) is 9.97 Å². The van der Waals surface area contributed by atoms with E-state index in [2.05, 4.69) is 9.97 Å². The van der Waals surface area contributed by atoms with Crippen LogP contribution in [0.5, 0.6) is 0 Å². The maximum Gasteiger partial charge on any atom is 0.214 e. The van der Waals surface area contributed by atoms with E-state index in [1.54, 1.807) is 12.1 Å². The average Bonchev–Trinajstić information content (AvgIpc) is 3.07. The molecule has 1 heterocycles. The number of rotatable bonds is 1. The van der Waals surface area contributed by atoms with Crippen molar-refractivity contribution in [3.63, 3.8) is 0 Å². The summed E-state index contributed by atoms with van der Waals surface area (Å²) in [7, 11) is 0. The van der Waals surface area contributed by atoms with Crippen LogP contribution in [0.3, 0.4) is 0 Å². The fourth-order valence-electron chi connectivity index (χ4n) is 4.67. The van der Waals surface area contributed by atoms with Gasteiger partial charge in [-0.3, -0.25) is 14.4 Å². The molecule has 6 rings (SSSR count). The molecule has 0 N–H and O–H groups in total. The van der Waals surface area contributed by atoms with E-state index in [1.165, 1.54) is 0 Å². The lowest BCUT2D eigenvalue weighted by atomic mass is 10.0. The first-order valence-electron chi connectivity index (χ1n) is 10.3. The number of aryl methyl sites for hydroxylation is 2. The molecule has 5 heteroatoms. The Morgan fingerprint density at radius 1 is 0.562 bits per heavy atom. The lowest BCUT2D eigenvalue weighted by Gasteiger charge is -2.05. The molecule has 0 aliphatic carbocycles. The summed E-state index contributed by atoms with van der Waals surface area (Å²) in [5.74, 6) is 0. The minimum atomic E-state index is -0.370. The Bertz CT molecular complexity index is 1900. The third-order valence-corrected chi connectivity index (χ3v) is 6.12. The van der Waals surface area contributed by atoms with Crippen LogP contribution in [0, 0.1) is 13.8 Å². The van der Waals surface area contributed by atoms with Crippen molar-refractivity contribution in [3.8, 4) is 11.1 Å². The molecule has 152 valence electrons. The van der Waals surface area contributed by atoms with Gasteiger partial charge in [-0.2, -0.15) is 0 Å². The quantitative estimate of drug-likeness (QED) is 0.373. The van der Waals surface area contributed by atoms with Crippen molar-refractivity contribution < 1.29 is 0 Å². The molecular formula is C27H16N2O3. The zero-order chi connectivity index (χ0) is 22.1. The summed E-state index contributed by atoms with van der Waals surface area (Å²) in [6.45, 7) is 3.69. The highest BCUT2D eigenvalue weighted by molar-refractivity contribution is 6.11. The van der Waals surface area contributed by atoms with Crippen LogP contribution in [0.4, 0.5) is 0 Å². The lowest BCUT2D eigenvalue weighted by Crippen LogP contribution is -2.17. The number of aromatic nitrogens is 2. The Morgan fingerprint density at radius 3 is 2.00 bits per heavy atom. The Kier molecular flexibility index (Phi) is 3.69. The minimum absolute atomic E-state index is 0.0129. The SMILES string of the molecule is Cc1cc(C)c2c(=O)c3nc4c(nc3c(=O)c2c1)c(=O)c1ccc(-c2ccccc2)cc14. The number of hydrogen-bond acceptors (Lipinski definition) is 5. The zero-order valence-corrected chi connectivity index (χ0v) is 17.4. The molecule has 0 bridgehead atoms. The van der Waals surface area contributed by atoms with Gasteiger partial charge >= 0.3 is 0 Å². The topological polar surface area (TPSA) is 77.0 Å². The standard InChI is InChI=1S/C27H16N2O3/c1-13-10-14(2)20-19(11-13)26(31)23-24(27(20)32)28-21-18-12-16(15-6-4-3-5-7-15)8-9-17(18)25(30)22(21)29-23/h3-12H,1-2H3. The van der Waals surface area contributed by atoms with E-state index in [1.807, 2.05) is 62.4 Å². The largest absolute Gasteiger partial charge is 0.287 e. The van der Waals surface area contributed by atoms with Crippen LogP contribution in [0.15, 0.2) is 75.0 Å². The van der Waals surface area contributed by atoms with Crippen LogP contribution in [-0.2, 0) is 0 Å². The van der Waals surface area contributed by atoms with E-state index in [0.717, 1.165) is 22.3 Å². The maximum atomic E-state index is 13.3. The molecule has 5 aromatic carbocycles. The highest BCUT2D eigenvalue weighted by Gasteiger charge is 2.20. The van der Waals surface area contributed by atoms with E-state index in [9.17, 15) is 14.4 Å². The third-order valence-electron chi connectivity index (χ3n) is 6.12. The van der Waals surface area contributed by atoms with E-state index in [-0.39, 0.29) is 32.8 Å². The summed E-state index contributed by atoms with van der Waals surface area (Å²) in [5.41, 5.74) is 3.02. The molecule has 6 aromatic rings. The Labute approximate surface area is 181 Å². The van der Waals surface area contributed by atoms with Gasteiger partial charge in [-0.15, -0.1) is 0 Å². The minimum Gasteiger partial charge on any atom is -0.287 e. The monoisotopic (exact) mass is 416 g/mol. The average molecular weight is 416 g/mol. The molecular weight excluding hydrogens is 400 g/mol. The van der Waals surface area contributed by atoms with Gasteiger partial charge in [0.15, 0.2) is 0 Å². The summed E-state index contributed by atoms with van der Waals surface area (Å²) in [5, 5.41) is 1.80. The van der Waals surface area contributed by atoms with Crippen molar-refractivity contribution >= 4 is 43.6 Å². The van der Waals surface area contributed by atoms with Gasteiger partial charge in [0.2, 0.25) is 16.3 Å². The van der Waals surface area contributed by atoms with Crippen molar-refractivity contribution in [2.45, 2.75) is 13.8 Å². The summed E-state index contributed by atoms with van der Waals surface area (Å²) in [6, 6.07) is 18.9. The fraction of sp³-hybridized carbons (Fsp3) is 0.0741. The van der Waals surface area contributed by atoms with Gasteiger partial charge in [0, 0.05) is 21.5 Å². The Morgan fingerprint density at radius 2 is 1.22 bits per heavy atom. The predicted octanol–water partition coefficient (Wildman–Crippen LogP) is 4.33. The van der Waals surface area contributed by atoms with E-state index >= 15 is 0 Å². The molecule has 0 aliphatic heterocycles. The van der Waals surface area contributed by atoms with Gasteiger partial charge in [-0.05, 0) is 48.7 Å². The molecule has 0 radical (unpaired) electrons. The van der Waals surface area contributed by atoms with E-state index in [0.29, 0.717) is 27.1 Å². The van der Waals surface area contributed by atoms with Gasteiger partial charge < -0.3 is 0 Å². The maximum absolute atomic E-state index is 13.3. The molecule has 0 fully saturated rings. The summed E-state index contributed by atoms with van der Waals surface area (Å²) >= 11 is 0. The Balaban J connectivity index is 1.79. The summed E-state index contributed by atoms with van der Waals surface area (Å²) in [6.07, 6.45) is 0. The number of benzene rings is 4. The highest BCUT2D eigenvalue weighted by Crippen LogP contribution is 2.28. The molecule has 1 aromatic heterocycles. The molecule has 32 heavy (non-hydrogen) atoms. The van der Waals surface area contributed by atoms with Gasteiger partial charge in [-0.1, -0.05) is 48.0 Å². The fourth-order valence-corrected chi connectivity index (χ4v) is 4.67. The number of hydrogen-bond donors (Lipinski definition) is 0. The van der Waals surface area contributed by atoms with Crippen LogP contribution in [0.2, 0.25) is 0 Å². The molecule has 0 aliphatic rings. The summed E-state index contributed by atoms with van der Waals surface area (Å²) in [4.78, 5) is 48.6. The number of fused-ring (bicyclic) bond motifs is 5. The van der Waals surface area contributed by atoms with Gasteiger partial charge in [0.25, 0.3) is 0 Å². The van der Waals surface area contributed by atoms with Crippen LogP contribution >= 0.6 is 0 Å². The van der Waals surface area contributed by atoms with Crippen LogP contribution in [-0.4, -0.2) is 9.97 Å². The lowest BCUT2D eigenvalue weighted by molar-refractivity contribution is 1.37. The second-order valence-electron chi connectivity index (χ2n) is 8.24. The van der Waals surface area contributed by atoms with Gasteiger partial charge in [0.1, 0.15) is 22.1 Å². The molecule has 0 atom stereocenters. The van der Waals surface area contributed by atoms with E-state index in [4.69, 9.17) is 0 Å². The van der Waals surface area contributed by atoms with Crippen molar-refractivity contribution in [2.24, 2.45) is 0 Å². The molecule has 0 amide bonds. The molecule has 0 unspecified atom stereocenters. The van der Waals surface area contributed by atoms with E-state index < -0.39 is 0 Å². The highest BCUT2D eigenvalue weighted by atomic mass is 16.1. The Hall–Kier alpha value is -4.25. The molecule has 5 nitrogen and oxygen atoms in total. The smallest absolute Gasteiger partial charge is 0.214 e.